The van der Waals surface area contributed by atoms with E-state index in [4.69, 9.17) is 0 Å². The number of halogens is 1. The average Bonchev–Trinajstić information content (AvgIpc) is 2.52. The molecule has 0 unspecified atom stereocenters. The van der Waals surface area contributed by atoms with Gasteiger partial charge in [0.25, 0.3) is 0 Å². The van der Waals surface area contributed by atoms with Crippen LogP contribution in [0.1, 0.15) is 24.8 Å². The number of piperazine rings is 1. The second-order valence-electron chi connectivity index (χ2n) is 6.53. The summed E-state index contributed by atoms with van der Waals surface area (Å²) in [4.78, 5) is 29.6. The van der Waals surface area contributed by atoms with Crippen molar-refractivity contribution >= 4 is 39.5 Å². The van der Waals surface area contributed by atoms with Gasteiger partial charge >= 0.3 is 0 Å². The normalized spacial score (nSPS) is 18.4. The monoisotopic (exact) mass is 410 g/mol. The van der Waals surface area contributed by atoms with Crippen molar-refractivity contribution < 1.29 is 9.59 Å². The minimum Gasteiger partial charge on any atom is -0.339 e. The Kier molecular flexibility index (Phi) is 5.87. The molecule has 130 valence electrons. The Morgan fingerprint density at radius 1 is 1.17 bits per heavy atom. The number of nitrogens with zero attached hydrogens (tertiary/aromatic N) is 2. The largest absolute Gasteiger partial charge is 0.339 e. The zero-order chi connectivity index (χ0) is 17.1. The van der Waals surface area contributed by atoms with Gasteiger partial charge in [-0.05, 0) is 43.5 Å². The Hall–Kier alpha value is -1.01. The van der Waals surface area contributed by atoms with Crippen LogP contribution in [0.5, 0.6) is 0 Å². The third-order valence-electron chi connectivity index (χ3n) is 4.89. The van der Waals surface area contributed by atoms with Crippen LogP contribution in [-0.4, -0.2) is 53.5 Å². The molecule has 0 bridgehead atoms. The highest BCUT2D eigenvalue weighted by molar-refractivity contribution is 9.10. The summed E-state index contributed by atoms with van der Waals surface area (Å²) in [6, 6.07) is 6.12. The van der Waals surface area contributed by atoms with Crippen LogP contribution in [-0.2, 0) is 9.59 Å². The lowest BCUT2D eigenvalue weighted by atomic mass is 9.84. The first-order valence-corrected chi connectivity index (χ1v) is 10.3. The number of hydrogen-bond donors (Lipinski definition) is 0. The number of rotatable bonds is 4. The second-order valence-corrected chi connectivity index (χ2v) is 8.47. The number of benzene rings is 1. The Balaban J connectivity index is 1.45. The van der Waals surface area contributed by atoms with E-state index < -0.39 is 0 Å². The van der Waals surface area contributed by atoms with Gasteiger partial charge in [0.2, 0.25) is 11.8 Å². The van der Waals surface area contributed by atoms with Gasteiger partial charge in [0.15, 0.2) is 0 Å². The third-order valence-corrected chi connectivity index (χ3v) is 6.54. The van der Waals surface area contributed by atoms with Gasteiger partial charge in [-0.15, -0.1) is 11.8 Å². The highest BCUT2D eigenvalue weighted by Gasteiger charge is 2.31. The zero-order valence-electron chi connectivity index (χ0n) is 14.0. The molecule has 1 saturated heterocycles. The van der Waals surface area contributed by atoms with Crippen molar-refractivity contribution in [3.05, 3.63) is 28.2 Å². The highest BCUT2D eigenvalue weighted by atomic mass is 79.9. The second kappa shape index (κ2) is 7.91. The van der Waals surface area contributed by atoms with E-state index >= 15 is 0 Å². The Labute approximate surface area is 156 Å². The van der Waals surface area contributed by atoms with Crippen molar-refractivity contribution in [2.45, 2.75) is 31.1 Å². The summed E-state index contributed by atoms with van der Waals surface area (Å²) in [5.74, 6) is 1.17. The van der Waals surface area contributed by atoms with Crippen LogP contribution < -0.4 is 0 Å². The fourth-order valence-electron chi connectivity index (χ4n) is 3.10. The van der Waals surface area contributed by atoms with Crippen molar-refractivity contribution in [3.8, 4) is 0 Å². The first-order valence-electron chi connectivity index (χ1n) is 8.50. The van der Waals surface area contributed by atoms with Gasteiger partial charge in [-0.2, -0.15) is 0 Å². The van der Waals surface area contributed by atoms with Gasteiger partial charge < -0.3 is 9.80 Å². The molecule has 2 fully saturated rings. The molecular formula is C18H23BrN2O2S. The van der Waals surface area contributed by atoms with Crippen LogP contribution in [0.3, 0.4) is 0 Å². The van der Waals surface area contributed by atoms with Gasteiger partial charge in [0.05, 0.1) is 5.75 Å². The van der Waals surface area contributed by atoms with E-state index in [-0.39, 0.29) is 11.8 Å². The van der Waals surface area contributed by atoms with Crippen molar-refractivity contribution in [2.24, 2.45) is 5.92 Å². The van der Waals surface area contributed by atoms with Crippen LogP contribution in [0.25, 0.3) is 0 Å². The summed E-state index contributed by atoms with van der Waals surface area (Å²) in [7, 11) is 0. The molecule has 1 saturated carbocycles. The standard InChI is InChI=1S/C18H23BrN2O2S/c1-13-11-15(19)5-6-16(13)24-12-17(22)20-7-9-21(10-8-20)18(23)14-3-2-4-14/h5-6,11,14H,2-4,7-10,12H2,1H3. The molecule has 1 aliphatic carbocycles. The van der Waals surface area contributed by atoms with Gasteiger partial charge in [0.1, 0.15) is 0 Å². The molecule has 1 aromatic carbocycles. The number of carbonyl (C=O) groups is 2. The molecule has 4 nitrogen and oxygen atoms in total. The number of thioether (sulfide) groups is 1. The quantitative estimate of drug-likeness (QED) is 0.714. The van der Waals surface area contributed by atoms with E-state index in [1.165, 1.54) is 12.0 Å². The fraction of sp³-hybridized carbons (Fsp3) is 0.556. The van der Waals surface area contributed by atoms with Gasteiger partial charge in [0, 0.05) is 41.5 Å². The zero-order valence-corrected chi connectivity index (χ0v) is 16.4. The van der Waals surface area contributed by atoms with Crippen molar-refractivity contribution in [2.75, 3.05) is 31.9 Å². The van der Waals surface area contributed by atoms with E-state index in [0.29, 0.717) is 37.8 Å². The molecule has 24 heavy (non-hydrogen) atoms. The van der Waals surface area contributed by atoms with E-state index in [1.807, 2.05) is 21.9 Å². The van der Waals surface area contributed by atoms with E-state index in [0.717, 1.165) is 22.2 Å². The topological polar surface area (TPSA) is 40.6 Å². The van der Waals surface area contributed by atoms with Crippen LogP contribution >= 0.6 is 27.7 Å². The Morgan fingerprint density at radius 2 is 1.83 bits per heavy atom. The van der Waals surface area contributed by atoms with E-state index in [1.54, 1.807) is 11.8 Å². The van der Waals surface area contributed by atoms with E-state index in [9.17, 15) is 9.59 Å². The summed E-state index contributed by atoms with van der Waals surface area (Å²) in [5, 5.41) is 0. The molecule has 2 aliphatic rings. The van der Waals surface area contributed by atoms with Gasteiger partial charge in [-0.1, -0.05) is 22.4 Å². The molecular weight excluding hydrogens is 388 g/mol. The average molecular weight is 411 g/mol. The first-order chi connectivity index (χ1) is 11.5. The summed E-state index contributed by atoms with van der Waals surface area (Å²) in [6.07, 6.45) is 3.27. The predicted octanol–water partition coefficient (Wildman–Crippen LogP) is 3.32. The Bertz CT molecular complexity index is 625. The molecule has 0 radical (unpaired) electrons. The van der Waals surface area contributed by atoms with Crippen molar-refractivity contribution in [1.82, 2.24) is 9.80 Å². The molecule has 0 aromatic heterocycles. The van der Waals surface area contributed by atoms with Crippen molar-refractivity contribution in [3.63, 3.8) is 0 Å². The SMILES string of the molecule is Cc1cc(Br)ccc1SCC(=O)N1CCN(C(=O)C2CCC2)CC1. The lowest BCUT2D eigenvalue weighted by Gasteiger charge is -2.38. The molecule has 1 aliphatic heterocycles. The van der Waals surface area contributed by atoms with Gasteiger partial charge in [-0.25, -0.2) is 0 Å². The highest BCUT2D eigenvalue weighted by Crippen LogP contribution is 2.29. The maximum absolute atomic E-state index is 12.4. The maximum atomic E-state index is 12.4. The van der Waals surface area contributed by atoms with Crippen LogP contribution in [0.15, 0.2) is 27.6 Å². The third kappa shape index (κ3) is 4.14. The molecule has 3 rings (SSSR count). The predicted molar refractivity (Wildman–Crippen MR) is 100 cm³/mol. The van der Waals surface area contributed by atoms with E-state index in [2.05, 4.69) is 28.9 Å². The molecule has 0 spiro atoms. The minimum absolute atomic E-state index is 0.165. The number of aryl methyl sites for hydroxylation is 1. The number of hydrogen-bond acceptors (Lipinski definition) is 3. The lowest BCUT2D eigenvalue weighted by molar-refractivity contribution is -0.143. The molecule has 2 amide bonds. The van der Waals surface area contributed by atoms with Gasteiger partial charge in [-0.3, -0.25) is 9.59 Å². The lowest BCUT2D eigenvalue weighted by Crippen LogP contribution is -2.53. The molecule has 1 aromatic rings. The minimum atomic E-state index is 0.165. The number of carbonyl (C=O) groups excluding carboxylic acids is 2. The molecule has 1 heterocycles. The van der Waals surface area contributed by atoms with Crippen LogP contribution in [0.4, 0.5) is 0 Å². The summed E-state index contributed by atoms with van der Waals surface area (Å²) < 4.78 is 1.06. The fourth-order valence-corrected chi connectivity index (χ4v) is 4.48. The van der Waals surface area contributed by atoms with Crippen molar-refractivity contribution in [1.29, 1.82) is 0 Å². The molecule has 6 heteroatoms. The number of amides is 2. The van der Waals surface area contributed by atoms with Crippen LogP contribution in [0.2, 0.25) is 0 Å². The summed E-state index contributed by atoms with van der Waals surface area (Å²) >= 11 is 5.05. The first kappa shape index (κ1) is 17.8. The molecule has 0 atom stereocenters. The Morgan fingerprint density at radius 3 is 2.42 bits per heavy atom. The summed E-state index contributed by atoms with van der Waals surface area (Å²) in [5.41, 5.74) is 1.18. The summed E-state index contributed by atoms with van der Waals surface area (Å²) in [6.45, 7) is 4.75. The van der Waals surface area contributed by atoms with Crippen LogP contribution in [0, 0.1) is 12.8 Å². The maximum Gasteiger partial charge on any atom is 0.233 e. The smallest absolute Gasteiger partial charge is 0.233 e. The molecule has 0 N–H and O–H groups in total.